The van der Waals surface area contributed by atoms with E-state index in [1.807, 2.05) is 0 Å². The molecule has 0 radical (unpaired) electrons. The average Bonchev–Trinajstić information content (AvgIpc) is 3.73. The van der Waals surface area contributed by atoms with Gasteiger partial charge in [0, 0.05) is 29.2 Å². The van der Waals surface area contributed by atoms with E-state index >= 15 is 22.0 Å². The first-order chi connectivity index (χ1) is 23.5. The molecular formula is C36H34F5N7O. The number of alkyl halides is 2. The van der Waals surface area contributed by atoms with E-state index in [2.05, 4.69) is 21.1 Å². The highest BCUT2D eigenvalue weighted by atomic mass is 19.2. The van der Waals surface area contributed by atoms with E-state index in [0.29, 0.717) is 18.5 Å². The summed E-state index contributed by atoms with van der Waals surface area (Å²) in [6.07, 6.45) is 10.7. The molecule has 254 valence electrons. The highest BCUT2D eigenvalue weighted by Gasteiger charge is 2.60. The lowest BCUT2D eigenvalue weighted by atomic mass is 9.91. The predicted octanol–water partition coefficient (Wildman–Crippen LogP) is 6.07. The third-order valence-electron chi connectivity index (χ3n) is 11.5. The van der Waals surface area contributed by atoms with Gasteiger partial charge in [0.05, 0.1) is 40.5 Å². The molecule has 0 aliphatic carbocycles. The number of hydrogen-bond acceptors (Lipinski definition) is 8. The van der Waals surface area contributed by atoms with Crippen LogP contribution in [-0.2, 0) is 6.42 Å². The van der Waals surface area contributed by atoms with Gasteiger partial charge in [-0.05, 0) is 76.2 Å². The molecule has 5 aliphatic heterocycles. The lowest BCUT2D eigenvalue weighted by Gasteiger charge is -2.47. The smallest absolute Gasteiger partial charge is 0.319 e. The van der Waals surface area contributed by atoms with Gasteiger partial charge < -0.3 is 15.4 Å². The number of rotatable bonds is 4. The molecule has 4 saturated heterocycles. The van der Waals surface area contributed by atoms with Crippen molar-refractivity contribution in [1.82, 2.24) is 25.2 Å². The van der Waals surface area contributed by atoms with Crippen LogP contribution in [0.2, 0.25) is 0 Å². The van der Waals surface area contributed by atoms with E-state index in [0.717, 1.165) is 44.8 Å². The number of pyridine rings is 1. The molecule has 0 unspecified atom stereocenters. The first-order valence-corrected chi connectivity index (χ1v) is 16.9. The lowest BCUT2D eigenvalue weighted by Crippen LogP contribution is -2.68. The molecule has 0 amide bonds. The molecule has 5 aliphatic rings. The minimum Gasteiger partial charge on any atom is -0.461 e. The second kappa shape index (κ2) is 10.6. The molecule has 49 heavy (non-hydrogen) atoms. The van der Waals surface area contributed by atoms with Gasteiger partial charge in [-0.3, -0.25) is 4.90 Å². The van der Waals surface area contributed by atoms with Crippen molar-refractivity contribution in [3.63, 3.8) is 0 Å². The second-order valence-electron chi connectivity index (χ2n) is 14.3. The predicted molar refractivity (Wildman–Crippen MR) is 175 cm³/mol. The van der Waals surface area contributed by atoms with E-state index in [4.69, 9.17) is 26.9 Å². The highest BCUT2D eigenvalue weighted by Crippen LogP contribution is 2.49. The van der Waals surface area contributed by atoms with Crippen LogP contribution in [0.1, 0.15) is 62.6 Å². The Balaban J connectivity index is 1.29. The Bertz CT molecular complexity index is 2110. The molecule has 3 atom stereocenters. The Labute approximate surface area is 279 Å². The summed E-state index contributed by atoms with van der Waals surface area (Å²) in [7, 11) is 0. The number of fused-ring (bicyclic) bond motifs is 7. The van der Waals surface area contributed by atoms with Gasteiger partial charge in [-0.2, -0.15) is 9.97 Å². The monoisotopic (exact) mass is 675 g/mol. The molecule has 9 rings (SSSR count). The van der Waals surface area contributed by atoms with Crippen LogP contribution in [0, 0.1) is 29.8 Å². The van der Waals surface area contributed by atoms with E-state index in [1.165, 1.54) is 12.1 Å². The van der Waals surface area contributed by atoms with Gasteiger partial charge in [0.2, 0.25) is 0 Å². The van der Waals surface area contributed by atoms with Crippen LogP contribution in [0.25, 0.3) is 32.9 Å². The van der Waals surface area contributed by atoms with Gasteiger partial charge in [-0.1, -0.05) is 5.92 Å². The Hall–Kier alpha value is -4.28. The quantitative estimate of drug-likeness (QED) is 0.117. The molecule has 4 aromatic rings. The summed E-state index contributed by atoms with van der Waals surface area (Å²) in [4.78, 5) is 18.1. The number of aromatic nitrogens is 3. The summed E-state index contributed by atoms with van der Waals surface area (Å²) < 4.78 is 86.3. The third kappa shape index (κ3) is 4.45. The number of benzene rings is 2. The van der Waals surface area contributed by atoms with Crippen molar-refractivity contribution in [3.8, 4) is 29.6 Å². The first-order valence-electron chi connectivity index (χ1n) is 16.9. The summed E-state index contributed by atoms with van der Waals surface area (Å²) in [6, 6.07) is 2.54. The number of ether oxygens (including phenoxy) is 1. The first kappa shape index (κ1) is 30.8. The second-order valence-corrected chi connectivity index (χ2v) is 14.3. The van der Waals surface area contributed by atoms with Crippen LogP contribution in [0.15, 0.2) is 18.2 Å². The van der Waals surface area contributed by atoms with Gasteiger partial charge >= 0.3 is 6.01 Å². The van der Waals surface area contributed by atoms with Crippen molar-refractivity contribution in [1.29, 1.82) is 0 Å². The number of halogens is 5. The Morgan fingerprint density at radius 2 is 1.80 bits per heavy atom. The van der Waals surface area contributed by atoms with E-state index in [-0.39, 0.29) is 94.0 Å². The van der Waals surface area contributed by atoms with Crippen LogP contribution in [-0.4, -0.2) is 69.3 Å². The molecule has 4 fully saturated rings. The Kier molecular flexibility index (Phi) is 6.66. The van der Waals surface area contributed by atoms with Crippen molar-refractivity contribution in [2.45, 2.75) is 81.0 Å². The van der Waals surface area contributed by atoms with Gasteiger partial charge in [-0.15, -0.1) is 6.42 Å². The largest absolute Gasteiger partial charge is 0.461 e. The molecular weight excluding hydrogens is 641 g/mol. The maximum Gasteiger partial charge on any atom is 0.319 e. The average molecular weight is 676 g/mol. The fraction of sp³-hybridized carbons (Fsp3) is 0.472. The van der Waals surface area contributed by atoms with E-state index in [9.17, 15) is 0 Å². The molecule has 0 spiro atoms. The number of nitrogens with two attached hydrogens (primary N) is 1. The van der Waals surface area contributed by atoms with Crippen molar-refractivity contribution in [3.05, 3.63) is 46.9 Å². The van der Waals surface area contributed by atoms with E-state index < -0.39 is 35.1 Å². The molecule has 0 saturated carbocycles. The fourth-order valence-corrected chi connectivity index (χ4v) is 9.25. The number of anilines is 2. The Morgan fingerprint density at radius 1 is 1.00 bits per heavy atom. The third-order valence-corrected chi connectivity index (χ3v) is 11.5. The zero-order valence-corrected chi connectivity index (χ0v) is 26.7. The number of nitrogen functional groups attached to an aromatic ring is 1. The van der Waals surface area contributed by atoms with Crippen LogP contribution in [0.3, 0.4) is 0 Å². The van der Waals surface area contributed by atoms with Crippen LogP contribution in [0.4, 0.5) is 33.5 Å². The minimum atomic E-state index is -2.01. The van der Waals surface area contributed by atoms with Crippen molar-refractivity contribution in [2.75, 3.05) is 36.9 Å². The van der Waals surface area contributed by atoms with Gasteiger partial charge in [-0.25, -0.2) is 32.3 Å². The van der Waals surface area contributed by atoms with Crippen LogP contribution >= 0.6 is 0 Å². The summed E-state index contributed by atoms with van der Waals surface area (Å²) >= 11 is 0. The maximum absolute atomic E-state index is 17.2. The minimum absolute atomic E-state index is 0.00310. The topological polar surface area (TPSA) is 92.4 Å². The molecule has 2 bridgehead atoms. The normalized spacial score (nSPS) is 27.2. The van der Waals surface area contributed by atoms with Crippen LogP contribution in [0.5, 0.6) is 6.01 Å². The number of terminal acetylenes is 1. The van der Waals surface area contributed by atoms with Gasteiger partial charge in [0.25, 0.3) is 0 Å². The van der Waals surface area contributed by atoms with Crippen LogP contribution < -0.4 is 20.7 Å². The summed E-state index contributed by atoms with van der Waals surface area (Å²) in [5.41, 5.74) is 5.26. The fourth-order valence-electron chi connectivity index (χ4n) is 9.25. The van der Waals surface area contributed by atoms with Gasteiger partial charge in [0.1, 0.15) is 29.5 Å². The molecule has 13 heteroatoms. The SMILES string of the molecule is C#Cc1c(F)ccc2c(F)c(N)cc(-c3nc4c5c(nc(OCC67CCCN6CCC7)nc5c3F)N3C[C@@]5(F)CC[C@](F)(N5)[C@H]3CCC4)c12. The van der Waals surface area contributed by atoms with Crippen molar-refractivity contribution in [2.24, 2.45) is 0 Å². The number of piperazine rings is 1. The molecule has 7 heterocycles. The Morgan fingerprint density at radius 3 is 2.57 bits per heavy atom. The molecule has 8 nitrogen and oxygen atoms in total. The number of nitrogens with zero attached hydrogens (tertiary/aromatic N) is 5. The number of aryl methyl sites for hydroxylation is 1. The van der Waals surface area contributed by atoms with Crippen molar-refractivity contribution >= 4 is 33.2 Å². The number of hydrogen-bond donors (Lipinski definition) is 2. The zero-order valence-electron chi connectivity index (χ0n) is 26.7. The summed E-state index contributed by atoms with van der Waals surface area (Å²) in [5.74, 6) is -4.13. The zero-order chi connectivity index (χ0) is 33.9. The number of nitrogens with one attached hydrogen (secondary N) is 1. The summed E-state index contributed by atoms with van der Waals surface area (Å²) in [6.45, 7) is 2.00. The van der Waals surface area contributed by atoms with Gasteiger partial charge in [0.15, 0.2) is 23.2 Å². The lowest BCUT2D eigenvalue weighted by molar-refractivity contribution is 0.00892. The standard InChI is InChI=1S/C36H34F5N7O/c1-2-19-22(37)9-8-20-26(19)21(16-23(42)28(20)38)30-29(39)31-27-24(43-30)6-3-7-25-36(41)13-12-35(40,46-36)17-48(25)32(27)45-33(44-31)49-18-34-10-4-14-47(34)15-5-11-34/h1,8-9,16,25,46H,3-7,10-15,17-18,42H2/t25-,35-,36+/m1/s1. The van der Waals surface area contributed by atoms with Crippen molar-refractivity contribution < 1.29 is 26.7 Å². The summed E-state index contributed by atoms with van der Waals surface area (Å²) in [5, 5.41) is 2.68. The molecule has 3 N–H and O–H groups in total. The van der Waals surface area contributed by atoms with E-state index in [1.54, 1.807) is 4.90 Å². The molecule has 2 aromatic carbocycles. The maximum atomic E-state index is 17.2. The molecule has 2 aromatic heterocycles. The highest BCUT2D eigenvalue weighted by molar-refractivity contribution is 6.04.